The molecule has 2 N–H and O–H groups in total. The molecular weight excluding hydrogens is 374 g/mol. The van der Waals surface area contributed by atoms with E-state index in [0.29, 0.717) is 25.1 Å². The van der Waals surface area contributed by atoms with Crippen molar-refractivity contribution in [1.29, 1.82) is 0 Å². The van der Waals surface area contributed by atoms with Gasteiger partial charge in [-0.25, -0.2) is 4.79 Å². The molecule has 2 heterocycles. The maximum absolute atomic E-state index is 12.6. The Morgan fingerprint density at radius 3 is 2.80 bits per heavy atom. The summed E-state index contributed by atoms with van der Waals surface area (Å²) in [6, 6.07) is 17.1. The zero-order valence-electron chi connectivity index (χ0n) is 17.5. The van der Waals surface area contributed by atoms with Gasteiger partial charge in [0.15, 0.2) is 0 Å². The lowest BCUT2D eigenvalue weighted by atomic mass is 9.98. The predicted octanol–water partition coefficient (Wildman–Crippen LogP) is 3.83. The highest BCUT2D eigenvalue weighted by Crippen LogP contribution is 2.43. The maximum atomic E-state index is 12.6. The van der Waals surface area contributed by atoms with Crippen LogP contribution in [0.5, 0.6) is 0 Å². The molecule has 5 rings (SSSR count). The van der Waals surface area contributed by atoms with Crippen molar-refractivity contribution in [2.45, 2.75) is 44.2 Å². The van der Waals surface area contributed by atoms with Crippen LogP contribution in [0.3, 0.4) is 0 Å². The second-order valence-corrected chi connectivity index (χ2v) is 8.88. The summed E-state index contributed by atoms with van der Waals surface area (Å²) in [4.78, 5) is 14.4. The van der Waals surface area contributed by atoms with Crippen LogP contribution in [0.25, 0.3) is 0 Å². The third-order valence-electron chi connectivity index (χ3n) is 6.77. The first kappa shape index (κ1) is 19.6. The van der Waals surface area contributed by atoms with Gasteiger partial charge in [0, 0.05) is 18.5 Å². The standard InChI is InChI=1S/C25H31N3O2/c29-25(30-17-19-4-2-1-3-5-19)28-13-10-21-14-20(6-7-24(21)28)22-15-23(22)27-16-18-8-11-26-12-9-18/h1-7,14,18,22-23,26-27H,8-13,15-17H2/t22-,23+/m0/s1. The molecule has 2 aliphatic heterocycles. The summed E-state index contributed by atoms with van der Waals surface area (Å²) in [6.45, 7) is 4.49. The SMILES string of the molecule is O=C(OCc1ccccc1)N1CCc2cc([C@@H]3C[C@H]3NCC3CCNCC3)ccc21. The molecule has 2 atom stereocenters. The van der Waals surface area contributed by atoms with E-state index in [2.05, 4.69) is 28.8 Å². The highest BCUT2D eigenvalue weighted by Gasteiger charge is 2.39. The average Bonchev–Trinajstić information content (AvgIpc) is 3.46. The molecule has 2 aromatic carbocycles. The van der Waals surface area contributed by atoms with E-state index in [1.807, 2.05) is 30.3 Å². The van der Waals surface area contributed by atoms with Gasteiger partial charge in [-0.3, -0.25) is 4.90 Å². The van der Waals surface area contributed by atoms with Gasteiger partial charge >= 0.3 is 6.09 Å². The number of hydrogen-bond acceptors (Lipinski definition) is 4. The molecule has 0 unspecified atom stereocenters. The average molecular weight is 406 g/mol. The first-order chi connectivity index (χ1) is 14.8. The molecule has 0 bridgehead atoms. The Morgan fingerprint density at radius 1 is 1.13 bits per heavy atom. The Bertz CT molecular complexity index is 879. The zero-order valence-corrected chi connectivity index (χ0v) is 17.5. The molecule has 1 aliphatic carbocycles. The Balaban J connectivity index is 1.15. The van der Waals surface area contributed by atoms with E-state index in [-0.39, 0.29) is 6.09 Å². The van der Waals surface area contributed by atoms with Crippen molar-refractivity contribution in [2.24, 2.45) is 5.92 Å². The van der Waals surface area contributed by atoms with Crippen LogP contribution in [-0.2, 0) is 17.8 Å². The quantitative estimate of drug-likeness (QED) is 0.767. The molecule has 1 saturated carbocycles. The van der Waals surface area contributed by atoms with E-state index in [9.17, 15) is 4.79 Å². The van der Waals surface area contributed by atoms with Crippen molar-refractivity contribution in [2.75, 3.05) is 31.1 Å². The van der Waals surface area contributed by atoms with Crippen molar-refractivity contribution in [3.05, 3.63) is 65.2 Å². The molecule has 5 heteroatoms. The third-order valence-corrected chi connectivity index (χ3v) is 6.77. The summed E-state index contributed by atoms with van der Waals surface area (Å²) >= 11 is 0. The van der Waals surface area contributed by atoms with Crippen LogP contribution in [0.1, 0.15) is 41.9 Å². The molecule has 1 saturated heterocycles. The highest BCUT2D eigenvalue weighted by molar-refractivity contribution is 5.90. The fraction of sp³-hybridized carbons (Fsp3) is 0.480. The Morgan fingerprint density at radius 2 is 1.97 bits per heavy atom. The lowest BCUT2D eigenvalue weighted by molar-refractivity contribution is 0.147. The Kier molecular flexibility index (Phi) is 5.73. The zero-order chi connectivity index (χ0) is 20.3. The van der Waals surface area contributed by atoms with Crippen LogP contribution >= 0.6 is 0 Å². The summed E-state index contributed by atoms with van der Waals surface area (Å²) in [5.41, 5.74) is 4.71. The summed E-state index contributed by atoms with van der Waals surface area (Å²) in [5.74, 6) is 1.44. The number of anilines is 1. The van der Waals surface area contributed by atoms with Crippen LogP contribution in [0, 0.1) is 5.92 Å². The number of benzene rings is 2. The number of amides is 1. The van der Waals surface area contributed by atoms with Gasteiger partial charge in [-0.15, -0.1) is 0 Å². The first-order valence-electron chi connectivity index (χ1n) is 11.3. The first-order valence-corrected chi connectivity index (χ1v) is 11.3. The molecule has 0 radical (unpaired) electrons. The number of nitrogens with zero attached hydrogens (tertiary/aromatic N) is 1. The van der Waals surface area contributed by atoms with Gasteiger partial charge in [-0.05, 0) is 74.0 Å². The van der Waals surface area contributed by atoms with Crippen molar-refractivity contribution in [3.63, 3.8) is 0 Å². The molecule has 2 aromatic rings. The number of carbonyl (C=O) groups excluding carboxylic acids is 1. The van der Waals surface area contributed by atoms with Gasteiger partial charge in [-0.1, -0.05) is 42.5 Å². The molecule has 0 aromatic heterocycles. The van der Waals surface area contributed by atoms with Crippen molar-refractivity contribution >= 4 is 11.8 Å². The number of nitrogens with one attached hydrogen (secondary N) is 2. The van der Waals surface area contributed by atoms with E-state index in [1.165, 1.54) is 30.4 Å². The number of fused-ring (bicyclic) bond motifs is 1. The van der Waals surface area contributed by atoms with Crippen LogP contribution in [0.2, 0.25) is 0 Å². The van der Waals surface area contributed by atoms with Gasteiger partial charge in [0.25, 0.3) is 0 Å². The summed E-state index contributed by atoms with van der Waals surface area (Å²) in [7, 11) is 0. The van der Waals surface area contributed by atoms with Gasteiger partial charge in [-0.2, -0.15) is 0 Å². The number of piperidine rings is 1. The van der Waals surface area contributed by atoms with E-state index in [0.717, 1.165) is 43.2 Å². The minimum atomic E-state index is -0.252. The molecule has 1 amide bonds. The molecule has 5 nitrogen and oxygen atoms in total. The normalized spacial score (nSPS) is 23.3. The number of ether oxygens (including phenoxy) is 1. The molecule has 158 valence electrons. The minimum Gasteiger partial charge on any atom is -0.444 e. The van der Waals surface area contributed by atoms with Crippen molar-refractivity contribution < 1.29 is 9.53 Å². The van der Waals surface area contributed by atoms with E-state index < -0.39 is 0 Å². The second-order valence-electron chi connectivity index (χ2n) is 8.88. The summed E-state index contributed by atoms with van der Waals surface area (Å²) in [6.07, 6.45) is 4.47. The van der Waals surface area contributed by atoms with Crippen molar-refractivity contribution in [3.8, 4) is 0 Å². The number of carbonyl (C=O) groups is 1. The lowest BCUT2D eigenvalue weighted by Crippen LogP contribution is -2.34. The van der Waals surface area contributed by atoms with E-state index >= 15 is 0 Å². The lowest BCUT2D eigenvalue weighted by Gasteiger charge is -2.23. The van der Waals surface area contributed by atoms with Gasteiger partial charge < -0.3 is 15.4 Å². The predicted molar refractivity (Wildman–Crippen MR) is 119 cm³/mol. The summed E-state index contributed by atoms with van der Waals surface area (Å²) in [5, 5.41) is 7.23. The topological polar surface area (TPSA) is 53.6 Å². The Hall–Kier alpha value is -2.37. The number of hydrogen-bond donors (Lipinski definition) is 2. The smallest absolute Gasteiger partial charge is 0.414 e. The monoisotopic (exact) mass is 405 g/mol. The van der Waals surface area contributed by atoms with Crippen LogP contribution in [0.4, 0.5) is 10.5 Å². The van der Waals surface area contributed by atoms with E-state index in [4.69, 9.17) is 4.74 Å². The minimum absolute atomic E-state index is 0.252. The molecule has 2 fully saturated rings. The largest absolute Gasteiger partial charge is 0.444 e. The molecule has 3 aliphatic rings. The fourth-order valence-corrected chi connectivity index (χ4v) is 4.83. The fourth-order valence-electron chi connectivity index (χ4n) is 4.83. The second kappa shape index (κ2) is 8.78. The van der Waals surface area contributed by atoms with E-state index in [1.54, 1.807) is 4.90 Å². The van der Waals surface area contributed by atoms with Gasteiger partial charge in [0.05, 0.1) is 5.69 Å². The molecule has 0 spiro atoms. The third kappa shape index (κ3) is 4.37. The summed E-state index contributed by atoms with van der Waals surface area (Å²) < 4.78 is 5.54. The van der Waals surface area contributed by atoms with Crippen LogP contribution in [-0.4, -0.2) is 38.3 Å². The maximum Gasteiger partial charge on any atom is 0.414 e. The van der Waals surface area contributed by atoms with Crippen LogP contribution < -0.4 is 15.5 Å². The number of rotatable bonds is 6. The van der Waals surface area contributed by atoms with Gasteiger partial charge in [0.2, 0.25) is 0 Å². The van der Waals surface area contributed by atoms with Crippen molar-refractivity contribution in [1.82, 2.24) is 10.6 Å². The van der Waals surface area contributed by atoms with Gasteiger partial charge in [0.1, 0.15) is 6.61 Å². The van der Waals surface area contributed by atoms with Crippen LogP contribution in [0.15, 0.2) is 48.5 Å². The highest BCUT2D eigenvalue weighted by atomic mass is 16.6. The molecule has 30 heavy (non-hydrogen) atoms. The molecular formula is C25H31N3O2. The Labute approximate surface area is 178 Å².